The van der Waals surface area contributed by atoms with E-state index in [0.717, 1.165) is 21.3 Å². The molecule has 1 atom stereocenters. The molecule has 126 valence electrons. The molecule has 24 heavy (non-hydrogen) atoms. The Morgan fingerprint density at radius 2 is 1.75 bits per heavy atom. The van der Waals surface area contributed by atoms with Crippen molar-refractivity contribution in [3.63, 3.8) is 0 Å². The van der Waals surface area contributed by atoms with Gasteiger partial charge in [0.2, 0.25) is 0 Å². The summed E-state index contributed by atoms with van der Waals surface area (Å²) in [6.45, 7) is 7.01. The van der Waals surface area contributed by atoms with Crippen molar-refractivity contribution in [2.45, 2.75) is 33.8 Å². The first kappa shape index (κ1) is 18.2. The van der Waals surface area contributed by atoms with Crippen molar-refractivity contribution in [1.29, 1.82) is 0 Å². The number of benzene rings is 2. The second kappa shape index (κ2) is 7.62. The minimum Gasteiger partial charge on any atom is -0.480 e. The quantitative estimate of drug-likeness (QED) is 0.755. The fourth-order valence-electron chi connectivity index (χ4n) is 2.36. The third-order valence-corrected chi connectivity index (χ3v) is 4.22. The molecule has 1 N–H and O–H groups in total. The van der Waals surface area contributed by atoms with Gasteiger partial charge in [-0.3, -0.25) is 9.59 Å². The Hall–Kier alpha value is -2.14. The molecule has 0 aliphatic heterocycles. The largest absolute Gasteiger partial charge is 0.480 e. The molecule has 0 radical (unpaired) electrons. The molecule has 0 aliphatic rings. The minimum absolute atomic E-state index is 0.117. The molecular formula is C19H20BrNO3. The second-order valence-electron chi connectivity index (χ2n) is 5.71. The Labute approximate surface area is 150 Å². The van der Waals surface area contributed by atoms with Gasteiger partial charge in [0.15, 0.2) is 11.9 Å². The van der Waals surface area contributed by atoms with Crippen molar-refractivity contribution in [2.24, 2.45) is 0 Å². The van der Waals surface area contributed by atoms with Gasteiger partial charge in [-0.1, -0.05) is 34.1 Å². The molecule has 2 aromatic carbocycles. The van der Waals surface area contributed by atoms with E-state index in [-0.39, 0.29) is 11.7 Å². The number of halogens is 1. The first-order valence-corrected chi connectivity index (χ1v) is 8.43. The van der Waals surface area contributed by atoms with Crippen LogP contribution in [0.1, 0.15) is 35.3 Å². The number of ether oxygens (including phenoxy) is 1. The average Bonchev–Trinajstić information content (AvgIpc) is 2.52. The molecule has 0 saturated carbocycles. The summed E-state index contributed by atoms with van der Waals surface area (Å²) in [5.74, 6) is 0.0216. The average molecular weight is 390 g/mol. The lowest BCUT2D eigenvalue weighted by Gasteiger charge is -2.18. The number of hydrogen-bond donors (Lipinski definition) is 1. The fourth-order valence-corrected chi connectivity index (χ4v) is 2.72. The summed E-state index contributed by atoms with van der Waals surface area (Å²) in [6.07, 6.45) is -0.733. The standard InChI is InChI=1S/C19H20BrNO3/c1-11-6-5-7-12(2)18(11)21-19(23)14(4)24-17-9-8-15(20)10-16(17)13(3)22/h5-10,14H,1-4H3,(H,21,23). The molecule has 0 aromatic heterocycles. The van der Waals surface area contributed by atoms with Gasteiger partial charge in [0.1, 0.15) is 5.75 Å². The first-order chi connectivity index (χ1) is 11.3. The van der Waals surface area contributed by atoms with Crippen LogP contribution in [-0.2, 0) is 4.79 Å². The lowest BCUT2D eigenvalue weighted by molar-refractivity contribution is -0.122. The van der Waals surface area contributed by atoms with Gasteiger partial charge in [-0.25, -0.2) is 0 Å². The molecule has 0 bridgehead atoms. The van der Waals surface area contributed by atoms with Gasteiger partial charge in [0.05, 0.1) is 5.56 Å². The second-order valence-corrected chi connectivity index (χ2v) is 6.63. The van der Waals surface area contributed by atoms with Crippen LogP contribution < -0.4 is 10.1 Å². The topological polar surface area (TPSA) is 55.4 Å². The van der Waals surface area contributed by atoms with E-state index in [4.69, 9.17) is 4.74 Å². The maximum atomic E-state index is 12.4. The molecule has 2 aromatic rings. The van der Waals surface area contributed by atoms with E-state index in [1.807, 2.05) is 32.0 Å². The number of amides is 1. The third-order valence-electron chi connectivity index (χ3n) is 3.72. The van der Waals surface area contributed by atoms with E-state index in [2.05, 4.69) is 21.2 Å². The summed E-state index contributed by atoms with van der Waals surface area (Å²) >= 11 is 3.33. The van der Waals surface area contributed by atoms with Crippen molar-refractivity contribution in [2.75, 3.05) is 5.32 Å². The van der Waals surface area contributed by atoms with Gasteiger partial charge >= 0.3 is 0 Å². The number of nitrogens with one attached hydrogen (secondary N) is 1. The van der Waals surface area contributed by atoms with Crippen LogP contribution in [-0.4, -0.2) is 17.8 Å². The zero-order valence-corrected chi connectivity index (χ0v) is 15.7. The van der Waals surface area contributed by atoms with Crippen LogP contribution in [0.25, 0.3) is 0 Å². The highest BCUT2D eigenvalue weighted by atomic mass is 79.9. The first-order valence-electron chi connectivity index (χ1n) is 7.64. The van der Waals surface area contributed by atoms with Crippen LogP contribution >= 0.6 is 15.9 Å². The van der Waals surface area contributed by atoms with E-state index in [9.17, 15) is 9.59 Å². The van der Waals surface area contributed by atoms with Gasteiger partial charge in [-0.05, 0) is 57.0 Å². The number of rotatable bonds is 5. The van der Waals surface area contributed by atoms with E-state index in [1.54, 1.807) is 25.1 Å². The number of aryl methyl sites for hydroxylation is 2. The summed E-state index contributed by atoms with van der Waals surface area (Å²) in [5, 5.41) is 2.90. The van der Waals surface area contributed by atoms with Crippen LogP contribution in [0.5, 0.6) is 5.75 Å². The van der Waals surface area contributed by atoms with E-state index < -0.39 is 6.10 Å². The van der Waals surface area contributed by atoms with Crippen molar-refractivity contribution in [3.8, 4) is 5.75 Å². The Kier molecular flexibility index (Phi) is 5.78. The van der Waals surface area contributed by atoms with Crippen LogP contribution in [0.2, 0.25) is 0 Å². The minimum atomic E-state index is -0.733. The molecule has 2 rings (SSSR count). The zero-order chi connectivity index (χ0) is 17.9. The highest BCUT2D eigenvalue weighted by Crippen LogP contribution is 2.25. The molecule has 0 saturated heterocycles. The third kappa shape index (κ3) is 4.23. The summed E-state index contributed by atoms with van der Waals surface area (Å²) < 4.78 is 6.51. The van der Waals surface area contributed by atoms with Gasteiger partial charge in [0, 0.05) is 10.2 Å². The highest BCUT2D eigenvalue weighted by Gasteiger charge is 2.19. The predicted molar refractivity (Wildman–Crippen MR) is 98.8 cm³/mol. The molecule has 0 aliphatic carbocycles. The molecule has 4 nitrogen and oxygen atoms in total. The maximum Gasteiger partial charge on any atom is 0.265 e. The molecular weight excluding hydrogens is 370 g/mol. The molecule has 1 unspecified atom stereocenters. The molecule has 5 heteroatoms. The zero-order valence-electron chi connectivity index (χ0n) is 14.1. The van der Waals surface area contributed by atoms with Gasteiger partial charge in [-0.2, -0.15) is 0 Å². The summed E-state index contributed by atoms with van der Waals surface area (Å²) in [7, 11) is 0. The molecule has 1 amide bonds. The maximum absolute atomic E-state index is 12.4. The number of Topliss-reactive ketones (excluding diaryl/α,β-unsaturated/α-hetero) is 1. The Morgan fingerprint density at radius 3 is 2.33 bits per heavy atom. The van der Waals surface area contributed by atoms with Crippen LogP contribution in [0, 0.1) is 13.8 Å². The van der Waals surface area contributed by atoms with E-state index in [1.165, 1.54) is 6.92 Å². The van der Waals surface area contributed by atoms with Gasteiger partial charge in [0.25, 0.3) is 5.91 Å². The number of carbonyl (C=O) groups excluding carboxylic acids is 2. The summed E-state index contributed by atoms with van der Waals surface area (Å²) in [5.41, 5.74) is 3.21. The molecule has 0 fully saturated rings. The highest BCUT2D eigenvalue weighted by molar-refractivity contribution is 9.10. The Balaban J connectivity index is 2.17. The van der Waals surface area contributed by atoms with Gasteiger partial charge in [-0.15, -0.1) is 0 Å². The summed E-state index contributed by atoms with van der Waals surface area (Å²) in [4.78, 5) is 24.2. The number of ketones is 1. The van der Waals surface area contributed by atoms with Gasteiger partial charge < -0.3 is 10.1 Å². The van der Waals surface area contributed by atoms with Crippen LogP contribution in [0.4, 0.5) is 5.69 Å². The monoisotopic (exact) mass is 389 g/mol. The smallest absolute Gasteiger partial charge is 0.265 e. The van der Waals surface area contributed by atoms with Crippen molar-refractivity contribution < 1.29 is 14.3 Å². The van der Waals surface area contributed by atoms with E-state index >= 15 is 0 Å². The lowest BCUT2D eigenvalue weighted by Crippen LogP contribution is -2.31. The number of carbonyl (C=O) groups is 2. The summed E-state index contributed by atoms with van der Waals surface area (Å²) in [6, 6.07) is 11.0. The Bertz CT molecular complexity index is 766. The predicted octanol–water partition coefficient (Wildman–Crippen LogP) is 4.67. The fraction of sp³-hybridized carbons (Fsp3) is 0.263. The number of hydrogen-bond acceptors (Lipinski definition) is 3. The number of para-hydroxylation sites is 1. The van der Waals surface area contributed by atoms with Crippen LogP contribution in [0.3, 0.4) is 0 Å². The normalized spacial score (nSPS) is 11.7. The van der Waals surface area contributed by atoms with E-state index in [0.29, 0.717) is 11.3 Å². The van der Waals surface area contributed by atoms with Crippen molar-refractivity contribution in [3.05, 3.63) is 57.6 Å². The molecule has 0 heterocycles. The lowest BCUT2D eigenvalue weighted by atomic mass is 10.1. The molecule has 0 spiro atoms. The van der Waals surface area contributed by atoms with Crippen LogP contribution in [0.15, 0.2) is 40.9 Å². The number of anilines is 1. The SMILES string of the molecule is CC(=O)c1cc(Br)ccc1OC(C)C(=O)Nc1c(C)cccc1C. The van der Waals surface area contributed by atoms with Crippen molar-refractivity contribution in [1.82, 2.24) is 0 Å². The Morgan fingerprint density at radius 1 is 1.12 bits per heavy atom. The van der Waals surface area contributed by atoms with Crippen molar-refractivity contribution >= 4 is 33.3 Å².